The first kappa shape index (κ1) is 22.0. The summed E-state index contributed by atoms with van der Waals surface area (Å²) in [6.07, 6.45) is 0.286. The molecule has 1 aromatic carbocycles. The predicted octanol–water partition coefficient (Wildman–Crippen LogP) is 5.06. The number of ketones is 1. The minimum Gasteiger partial charge on any atom is -0.363 e. The maximum absolute atomic E-state index is 14.7. The number of fused-ring (bicyclic) bond motifs is 1. The number of Topliss-reactive ketones (excluding diaryl/α,β-unsaturated/α-hetero) is 1. The average molecular weight is 444 g/mol. The number of aryl methyl sites for hydroxylation is 1. The van der Waals surface area contributed by atoms with Crippen LogP contribution >= 0.6 is 0 Å². The normalized spacial score (nSPS) is 15.8. The summed E-state index contributed by atoms with van der Waals surface area (Å²) in [4.78, 5) is 34.2. The Morgan fingerprint density at radius 2 is 1.88 bits per heavy atom. The highest BCUT2D eigenvalue weighted by Crippen LogP contribution is 2.42. The molecule has 0 unspecified atom stereocenters. The topological polar surface area (TPSA) is 76.9 Å². The van der Waals surface area contributed by atoms with Crippen molar-refractivity contribution in [2.24, 2.45) is 0 Å². The number of pyridine rings is 1. The summed E-state index contributed by atoms with van der Waals surface area (Å²) in [6.45, 7) is 6.49. The standard InChI is InChI=1S/C23H23F3N4O2/c1-11(14-6-5-7-15(18(14)24)20(25)26)27-21-16-10-30(23(4)8-9-23)22(32)17(12(2)31)19(16)28-13(3)29-21/h5-7,10-11,20H,8-9H2,1-4H3,(H,27,28,29)/t11-/m1/s1. The number of halogens is 3. The fraction of sp³-hybridized carbons (Fsp3) is 0.391. The second-order valence-corrected chi connectivity index (χ2v) is 8.53. The molecule has 9 heteroatoms. The zero-order valence-electron chi connectivity index (χ0n) is 18.2. The predicted molar refractivity (Wildman–Crippen MR) is 115 cm³/mol. The summed E-state index contributed by atoms with van der Waals surface area (Å²) in [7, 11) is 0. The molecule has 1 atom stereocenters. The van der Waals surface area contributed by atoms with Crippen LogP contribution in [0.1, 0.15) is 73.4 Å². The molecule has 0 radical (unpaired) electrons. The zero-order chi connectivity index (χ0) is 23.4. The van der Waals surface area contributed by atoms with Crippen molar-refractivity contribution in [3.8, 4) is 0 Å². The minimum atomic E-state index is -2.93. The number of anilines is 1. The van der Waals surface area contributed by atoms with Gasteiger partial charge in [-0.15, -0.1) is 0 Å². The van der Waals surface area contributed by atoms with Gasteiger partial charge in [0.2, 0.25) is 0 Å². The van der Waals surface area contributed by atoms with E-state index in [0.717, 1.165) is 18.9 Å². The van der Waals surface area contributed by atoms with Crippen molar-refractivity contribution < 1.29 is 18.0 Å². The van der Waals surface area contributed by atoms with Crippen molar-refractivity contribution in [2.75, 3.05) is 5.32 Å². The molecule has 3 aromatic rings. The minimum absolute atomic E-state index is 0.0253. The van der Waals surface area contributed by atoms with Gasteiger partial charge in [-0.05, 0) is 40.5 Å². The molecule has 32 heavy (non-hydrogen) atoms. The molecule has 1 aliphatic rings. The molecule has 0 amide bonds. The molecular formula is C23H23F3N4O2. The van der Waals surface area contributed by atoms with Crippen molar-refractivity contribution in [2.45, 2.75) is 58.5 Å². The lowest BCUT2D eigenvalue weighted by Crippen LogP contribution is -2.32. The summed E-state index contributed by atoms with van der Waals surface area (Å²) < 4.78 is 42.5. The Balaban J connectivity index is 1.88. The Bertz CT molecular complexity index is 1300. The Morgan fingerprint density at radius 1 is 1.22 bits per heavy atom. The summed E-state index contributed by atoms with van der Waals surface area (Å²) in [5.41, 5.74) is -1.22. The summed E-state index contributed by atoms with van der Waals surface area (Å²) in [6, 6.07) is 3.14. The van der Waals surface area contributed by atoms with Gasteiger partial charge in [0.25, 0.3) is 12.0 Å². The molecule has 0 spiro atoms. The van der Waals surface area contributed by atoms with Crippen LogP contribution in [-0.4, -0.2) is 20.3 Å². The summed E-state index contributed by atoms with van der Waals surface area (Å²) in [5.74, 6) is -0.788. The number of alkyl halides is 2. The smallest absolute Gasteiger partial charge is 0.266 e. The molecule has 0 bridgehead atoms. The molecule has 1 N–H and O–H groups in total. The van der Waals surface area contributed by atoms with Gasteiger partial charge in [0, 0.05) is 17.3 Å². The van der Waals surface area contributed by atoms with E-state index in [9.17, 15) is 22.8 Å². The van der Waals surface area contributed by atoms with Crippen molar-refractivity contribution >= 4 is 22.5 Å². The lowest BCUT2D eigenvalue weighted by Gasteiger charge is -2.21. The van der Waals surface area contributed by atoms with Gasteiger partial charge >= 0.3 is 0 Å². The molecule has 0 saturated heterocycles. The third-order valence-electron chi connectivity index (χ3n) is 6.01. The SMILES string of the molecule is CC(=O)c1c(=O)n(C2(C)CC2)cc2c(N[C@H](C)c3cccc(C(F)F)c3F)nc(C)nc12. The first-order valence-electron chi connectivity index (χ1n) is 10.3. The van der Waals surface area contributed by atoms with Crippen LogP contribution in [0.2, 0.25) is 0 Å². The summed E-state index contributed by atoms with van der Waals surface area (Å²) >= 11 is 0. The molecule has 168 valence electrons. The number of carbonyl (C=O) groups excluding carboxylic acids is 1. The lowest BCUT2D eigenvalue weighted by atomic mass is 10.0. The number of nitrogens with one attached hydrogen (secondary N) is 1. The van der Waals surface area contributed by atoms with Crippen LogP contribution < -0.4 is 10.9 Å². The number of aromatic nitrogens is 3. The molecule has 2 heterocycles. The zero-order valence-corrected chi connectivity index (χ0v) is 18.2. The van der Waals surface area contributed by atoms with Crippen LogP contribution in [-0.2, 0) is 5.54 Å². The molecule has 4 rings (SSSR count). The Morgan fingerprint density at radius 3 is 2.47 bits per heavy atom. The summed E-state index contributed by atoms with van der Waals surface area (Å²) in [5, 5.41) is 3.51. The molecule has 1 aliphatic carbocycles. The van der Waals surface area contributed by atoms with Gasteiger partial charge in [-0.25, -0.2) is 23.1 Å². The van der Waals surface area contributed by atoms with Gasteiger partial charge in [0.05, 0.1) is 22.5 Å². The fourth-order valence-electron chi connectivity index (χ4n) is 3.91. The van der Waals surface area contributed by atoms with Crippen LogP contribution in [0.5, 0.6) is 0 Å². The van der Waals surface area contributed by atoms with Crippen molar-refractivity contribution in [3.05, 3.63) is 63.1 Å². The third-order valence-corrected chi connectivity index (χ3v) is 6.01. The average Bonchev–Trinajstić information content (AvgIpc) is 3.45. The highest BCUT2D eigenvalue weighted by atomic mass is 19.3. The number of nitrogens with zero attached hydrogens (tertiary/aromatic N) is 3. The largest absolute Gasteiger partial charge is 0.363 e. The maximum Gasteiger partial charge on any atom is 0.266 e. The van der Waals surface area contributed by atoms with Crippen LogP contribution in [0.3, 0.4) is 0 Å². The van der Waals surface area contributed by atoms with Crippen molar-refractivity contribution in [3.63, 3.8) is 0 Å². The molecule has 2 aromatic heterocycles. The van der Waals surface area contributed by atoms with E-state index in [4.69, 9.17) is 0 Å². The Hall–Kier alpha value is -3.23. The number of benzene rings is 1. The van der Waals surface area contributed by atoms with Crippen LogP contribution in [0.25, 0.3) is 10.9 Å². The molecule has 0 aliphatic heterocycles. The maximum atomic E-state index is 14.7. The number of hydrogen-bond acceptors (Lipinski definition) is 5. The van der Waals surface area contributed by atoms with Gasteiger partial charge in [-0.2, -0.15) is 0 Å². The molecule has 1 fully saturated rings. The molecule has 6 nitrogen and oxygen atoms in total. The Kier molecular flexibility index (Phi) is 5.30. The molecule has 1 saturated carbocycles. The number of carbonyl (C=O) groups is 1. The van der Waals surface area contributed by atoms with Gasteiger partial charge in [-0.3, -0.25) is 9.59 Å². The first-order chi connectivity index (χ1) is 15.0. The van der Waals surface area contributed by atoms with Gasteiger partial charge in [0.1, 0.15) is 23.0 Å². The van der Waals surface area contributed by atoms with Gasteiger partial charge in [0.15, 0.2) is 5.78 Å². The monoisotopic (exact) mass is 444 g/mol. The first-order valence-corrected chi connectivity index (χ1v) is 10.3. The van der Waals surface area contributed by atoms with E-state index in [2.05, 4.69) is 15.3 Å². The highest BCUT2D eigenvalue weighted by Gasteiger charge is 2.41. The van der Waals surface area contributed by atoms with Crippen LogP contribution in [0, 0.1) is 12.7 Å². The van der Waals surface area contributed by atoms with Gasteiger partial charge in [-0.1, -0.05) is 18.2 Å². The van der Waals surface area contributed by atoms with Crippen molar-refractivity contribution in [1.82, 2.24) is 14.5 Å². The third kappa shape index (κ3) is 3.65. The number of hydrogen-bond donors (Lipinski definition) is 1. The van der Waals surface area contributed by atoms with E-state index in [1.165, 1.54) is 19.1 Å². The quantitative estimate of drug-likeness (QED) is 0.538. The molecular weight excluding hydrogens is 421 g/mol. The fourth-order valence-corrected chi connectivity index (χ4v) is 3.91. The van der Waals surface area contributed by atoms with E-state index in [1.807, 2.05) is 6.92 Å². The number of rotatable bonds is 6. The van der Waals surface area contributed by atoms with E-state index >= 15 is 0 Å². The highest BCUT2D eigenvalue weighted by molar-refractivity contribution is 6.07. The Labute approximate surface area is 182 Å². The van der Waals surface area contributed by atoms with E-state index in [1.54, 1.807) is 24.6 Å². The van der Waals surface area contributed by atoms with E-state index in [-0.39, 0.29) is 22.2 Å². The second-order valence-electron chi connectivity index (χ2n) is 8.53. The van der Waals surface area contributed by atoms with Gasteiger partial charge < -0.3 is 9.88 Å². The van der Waals surface area contributed by atoms with Crippen LogP contribution in [0.15, 0.2) is 29.2 Å². The lowest BCUT2D eigenvalue weighted by molar-refractivity contribution is 0.101. The second kappa shape index (κ2) is 7.72. The van der Waals surface area contributed by atoms with E-state index in [0.29, 0.717) is 17.0 Å². The van der Waals surface area contributed by atoms with E-state index < -0.39 is 35.2 Å². The van der Waals surface area contributed by atoms with Crippen LogP contribution in [0.4, 0.5) is 19.0 Å². The van der Waals surface area contributed by atoms with Crippen molar-refractivity contribution in [1.29, 1.82) is 0 Å².